The molecular weight excluding hydrogens is 324 g/mol. The fourth-order valence-electron chi connectivity index (χ4n) is 2.47. The van der Waals surface area contributed by atoms with Crippen molar-refractivity contribution in [2.75, 3.05) is 0 Å². The van der Waals surface area contributed by atoms with Gasteiger partial charge in [0, 0.05) is 12.3 Å². The monoisotopic (exact) mass is 348 g/mol. The molecule has 0 aliphatic rings. The number of hydrogen-bond donors (Lipinski definition) is 0. The summed E-state index contributed by atoms with van der Waals surface area (Å²) in [5, 5.41) is 0. The van der Waals surface area contributed by atoms with E-state index in [1.165, 1.54) is 5.56 Å². The number of benzene rings is 1. The van der Waals surface area contributed by atoms with Crippen LogP contribution in [0, 0.1) is 0 Å². The van der Waals surface area contributed by atoms with E-state index in [0.717, 1.165) is 17.0 Å². The molecule has 0 bridgehead atoms. The third-order valence-electron chi connectivity index (χ3n) is 3.99. The van der Waals surface area contributed by atoms with Crippen molar-refractivity contribution in [3.8, 4) is 0 Å². The summed E-state index contributed by atoms with van der Waals surface area (Å²) in [5.41, 5.74) is 4.26. The Morgan fingerprint density at radius 1 is 0.962 bits per heavy atom. The van der Waals surface area contributed by atoms with Gasteiger partial charge in [0.05, 0.1) is 18.9 Å². The van der Waals surface area contributed by atoms with Crippen molar-refractivity contribution in [1.82, 2.24) is 9.97 Å². The first-order chi connectivity index (χ1) is 12.5. The van der Waals surface area contributed by atoms with Crippen LogP contribution in [-0.4, -0.2) is 9.97 Å². The molecule has 4 heteroatoms. The van der Waals surface area contributed by atoms with Gasteiger partial charge >= 0.3 is 0 Å². The Balaban J connectivity index is 1.53. The van der Waals surface area contributed by atoms with Gasteiger partial charge in [-0.2, -0.15) is 0 Å². The first-order valence-corrected chi connectivity index (χ1v) is 8.71. The van der Waals surface area contributed by atoms with E-state index in [1.54, 1.807) is 12.5 Å². The zero-order valence-electron chi connectivity index (χ0n) is 15.5. The maximum absolute atomic E-state index is 5.62. The summed E-state index contributed by atoms with van der Waals surface area (Å²) >= 11 is 0. The average molecular weight is 348 g/mol. The molecule has 0 N–H and O–H groups in total. The number of oxazole rings is 1. The molecule has 4 nitrogen and oxygen atoms in total. The van der Waals surface area contributed by atoms with Gasteiger partial charge in [-0.1, -0.05) is 51.1 Å². The lowest BCUT2D eigenvalue weighted by molar-refractivity contribution is 0.102. The Bertz CT molecular complexity index is 844. The summed E-state index contributed by atoms with van der Waals surface area (Å²) in [7, 11) is 0. The van der Waals surface area contributed by atoms with Crippen LogP contribution in [0.4, 0.5) is 0 Å². The number of pyridine rings is 1. The number of aromatic nitrogens is 2. The second kappa shape index (κ2) is 8.11. The lowest BCUT2D eigenvalue weighted by atomic mass is 9.87. The zero-order valence-corrected chi connectivity index (χ0v) is 15.5. The van der Waals surface area contributed by atoms with E-state index in [0.29, 0.717) is 19.1 Å². The summed E-state index contributed by atoms with van der Waals surface area (Å²) < 4.78 is 11.1. The lowest BCUT2D eigenvalue weighted by Gasteiger charge is -2.18. The Hall–Kier alpha value is -2.72. The molecular formula is C22H24N2O2. The van der Waals surface area contributed by atoms with E-state index in [9.17, 15) is 0 Å². The van der Waals surface area contributed by atoms with Gasteiger partial charge in [0.1, 0.15) is 12.0 Å². The van der Waals surface area contributed by atoms with Crippen LogP contribution < -0.4 is 0 Å². The van der Waals surface area contributed by atoms with Crippen LogP contribution in [0.2, 0.25) is 0 Å². The molecule has 0 fully saturated rings. The van der Waals surface area contributed by atoms with Crippen LogP contribution >= 0.6 is 0 Å². The molecule has 0 atom stereocenters. The third-order valence-corrected chi connectivity index (χ3v) is 3.99. The topological polar surface area (TPSA) is 48.2 Å². The Morgan fingerprint density at radius 2 is 1.73 bits per heavy atom. The summed E-state index contributed by atoms with van der Waals surface area (Å²) in [6.45, 7) is 7.49. The first-order valence-electron chi connectivity index (χ1n) is 8.71. The predicted octanol–water partition coefficient (Wildman–Crippen LogP) is 5.25. The first kappa shape index (κ1) is 18.1. The molecule has 26 heavy (non-hydrogen) atoms. The molecule has 0 aliphatic heterocycles. The standard InChI is InChI=1S/C22H24N2O2/c1-22(2,3)18-10-7-17(8-11-18)9-12-21-24-20(16-26-21)15-25-14-19-6-4-5-13-23-19/h4-13,16H,14-15H2,1-3H3. The van der Waals surface area contributed by atoms with Crippen molar-refractivity contribution in [2.24, 2.45) is 0 Å². The van der Waals surface area contributed by atoms with Crippen molar-refractivity contribution >= 4 is 12.2 Å². The van der Waals surface area contributed by atoms with E-state index in [2.05, 4.69) is 55.0 Å². The summed E-state index contributed by atoms with van der Waals surface area (Å²) in [4.78, 5) is 8.63. The third kappa shape index (κ3) is 5.14. The quantitative estimate of drug-likeness (QED) is 0.610. The molecule has 0 spiro atoms. The predicted molar refractivity (Wildman–Crippen MR) is 103 cm³/mol. The SMILES string of the molecule is CC(C)(C)c1ccc(C=Cc2nc(COCc3ccccn3)co2)cc1. The summed E-state index contributed by atoms with van der Waals surface area (Å²) in [6.07, 6.45) is 7.25. The van der Waals surface area contributed by atoms with Crippen LogP contribution in [0.1, 0.15) is 49.2 Å². The molecule has 2 heterocycles. The molecule has 0 radical (unpaired) electrons. The highest BCUT2D eigenvalue weighted by molar-refractivity contribution is 5.66. The van der Waals surface area contributed by atoms with Gasteiger partial charge in [-0.25, -0.2) is 4.98 Å². The van der Waals surface area contributed by atoms with Gasteiger partial charge < -0.3 is 9.15 Å². The smallest absolute Gasteiger partial charge is 0.218 e. The highest BCUT2D eigenvalue weighted by Gasteiger charge is 2.12. The van der Waals surface area contributed by atoms with Crippen molar-refractivity contribution in [3.05, 3.63) is 83.3 Å². The van der Waals surface area contributed by atoms with E-state index in [1.807, 2.05) is 30.4 Å². The van der Waals surface area contributed by atoms with Crippen LogP contribution in [0.15, 0.2) is 59.3 Å². The highest BCUT2D eigenvalue weighted by atomic mass is 16.5. The van der Waals surface area contributed by atoms with E-state index in [-0.39, 0.29) is 5.41 Å². The van der Waals surface area contributed by atoms with Gasteiger partial charge in [-0.3, -0.25) is 4.98 Å². The fourth-order valence-corrected chi connectivity index (χ4v) is 2.47. The minimum absolute atomic E-state index is 0.162. The molecule has 2 aromatic heterocycles. The summed E-state index contributed by atoms with van der Waals surface area (Å²) in [5.74, 6) is 0.571. The highest BCUT2D eigenvalue weighted by Crippen LogP contribution is 2.22. The molecule has 3 rings (SSSR count). The van der Waals surface area contributed by atoms with Gasteiger partial charge in [-0.15, -0.1) is 0 Å². The van der Waals surface area contributed by atoms with E-state index >= 15 is 0 Å². The second-order valence-corrected chi connectivity index (χ2v) is 7.20. The molecule has 0 saturated carbocycles. The van der Waals surface area contributed by atoms with Crippen molar-refractivity contribution in [2.45, 2.75) is 39.4 Å². The summed E-state index contributed by atoms with van der Waals surface area (Å²) in [6, 6.07) is 14.3. The Labute approximate surface area is 154 Å². The molecule has 1 aromatic carbocycles. The van der Waals surface area contributed by atoms with Crippen LogP contribution in [-0.2, 0) is 23.4 Å². The second-order valence-electron chi connectivity index (χ2n) is 7.20. The van der Waals surface area contributed by atoms with Crippen LogP contribution in [0.5, 0.6) is 0 Å². The molecule has 0 unspecified atom stereocenters. The van der Waals surface area contributed by atoms with E-state index in [4.69, 9.17) is 9.15 Å². The number of nitrogens with zero attached hydrogens (tertiary/aromatic N) is 2. The van der Waals surface area contributed by atoms with Gasteiger partial charge in [0.2, 0.25) is 5.89 Å². The van der Waals surface area contributed by atoms with Crippen molar-refractivity contribution in [3.63, 3.8) is 0 Å². The minimum atomic E-state index is 0.162. The zero-order chi connectivity index (χ0) is 18.4. The number of hydrogen-bond acceptors (Lipinski definition) is 4. The average Bonchev–Trinajstić information content (AvgIpc) is 3.08. The maximum Gasteiger partial charge on any atom is 0.218 e. The molecule has 0 saturated heterocycles. The molecule has 0 aliphatic carbocycles. The maximum atomic E-state index is 5.62. The van der Waals surface area contributed by atoms with Crippen LogP contribution in [0.3, 0.4) is 0 Å². The van der Waals surface area contributed by atoms with Crippen molar-refractivity contribution < 1.29 is 9.15 Å². The van der Waals surface area contributed by atoms with E-state index < -0.39 is 0 Å². The van der Waals surface area contributed by atoms with Gasteiger partial charge in [0.25, 0.3) is 0 Å². The van der Waals surface area contributed by atoms with Crippen molar-refractivity contribution in [1.29, 1.82) is 0 Å². The largest absolute Gasteiger partial charge is 0.445 e. The fraction of sp³-hybridized carbons (Fsp3) is 0.273. The molecule has 0 amide bonds. The molecule has 3 aromatic rings. The lowest BCUT2D eigenvalue weighted by Crippen LogP contribution is -2.10. The normalized spacial score (nSPS) is 12.0. The van der Waals surface area contributed by atoms with Gasteiger partial charge in [0.15, 0.2) is 0 Å². The Kier molecular flexibility index (Phi) is 5.64. The van der Waals surface area contributed by atoms with Gasteiger partial charge in [-0.05, 0) is 34.8 Å². The molecule has 134 valence electrons. The number of rotatable bonds is 6. The Morgan fingerprint density at radius 3 is 2.42 bits per heavy atom. The number of ether oxygens (including phenoxy) is 1. The minimum Gasteiger partial charge on any atom is -0.445 e. The van der Waals surface area contributed by atoms with Crippen LogP contribution in [0.25, 0.3) is 12.2 Å².